The maximum atomic E-state index is 12.7. The number of hydrogen-bond donors (Lipinski definition) is 2. The molecule has 0 bridgehead atoms. The molecular weight excluding hydrogens is 390 g/mol. The van der Waals surface area contributed by atoms with E-state index in [-0.39, 0.29) is 17.5 Å². The molecule has 10 heteroatoms. The minimum Gasteiger partial charge on any atom is -0.342 e. The number of carbonyl (C=O) groups is 2. The lowest BCUT2D eigenvalue weighted by Gasteiger charge is -2.11. The molecule has 0 saturated heterocycles. The summed E-state index contributed by atoms with van der Waals surface area (Å²) in [5, 5.41) is 11.0. The van der Waals surface area contributed by atoms with E-state index in [0.29, 0.717) is 26.6 Å². The summed E-state index contributed by atoms with van der Waals surface area (Å²) < 4.78 is 1.58. The molecule has 0 fully saturated rings. The zero-order valence-electron chi connectivity index (χ0n) is 15.7. The lowest BCUT2D eigenvalue weighted by atomic mass is 10.2. The number of benzene rings is 1. The molecule has 4 rings (SSSR count). The number of carbonyl (C=O) groups excluding carboxylic acids is 2. The molecule has 0 aliphatic carbocycles. The summed E-state index contributed by atoms with van der Waals surface area (Å²) in [5.74, 6) is -0.602. The highest BCUT2D eigenvalue weighted by molar-refractivity contribution is 7.13. The van der Waals surface area contributed by atoms with Crippen LogP contribution >= 0.6 is 11.3 Å². The predicted octanol–water partition coefficient (Wildman–Crippen LogP) is 2.56. The molecule has 146 valence electrons. The summed E-state index contributed by atoms with van der Waals surface area (Å²) in [6, 6.07) is 8.79. The lowest BCUT2D eigenvalue weighted by Crippen LogP contribution is -2.27. The molecule has 9 nitrogen and oxygen atoms in total. The van der Waals surface area contributed by atoms with Crippen molar-refractivity contribution in [3.8, 4) is 0 Å². The standard InChI is InChI=1S/C19H17N7O2S/c1-11(24-18(28)15-13-8-23-26(2)16(13)22-10-21-15)19-20-9-14(29-19)17(27)25-12-6-4-3-5-7-12/h3-11H,1-2H3,(H,24,28)(H,25,27). The third-order valence-corrected chi connectivity index (χ3v) is 5.42. The number of aryl methyl sites for hydroxylation is 1. The zero-order chi connectivity index (χ0) is 20.4. The maximum absolute atomic E-state index is 12.7. The van der Waals surface area contributed by atoms with Gasteiger partial charge in [0.1, 0.15) is 21.9 Å². The van der Waals surface area contributed by atoms with E-state index >= 15 is 0 Å². The van der Waals surface area contributed by atoms with E-state index in [2.05, 4.69) is 30.7 Å². The zero-order valence-corrected chi connectivity index (χ0v) is 16.5. The van der Waals surface area contributed by atoms with Crippen LogP contribution in [0.25, 0.3) is 11.0 Å². The second kappa shape index (κ2) is 7.76. The number of fused-ring (bicyclic) bond motifs is 1. The molecule has 3 heterocycles. The van der Waals surface area contributed by atoms with Crippen LogP contribution in [0, 0.1) is 0 Å². The average molecular weight is 407 g/mol. The van der Waals surface area contributed by atoms with Gasteiger partial charge in [0.15, 0.2) is 5.65 Å². The first kappa shape index (κ1) is 18.7. The van der Waals surface area contributed by atoms with Crippen LogP contribution in [0.1, 0.15) is 38.1 Å². The molecular formula is C19H17N7O2S. The van der Waals surface area contributed by atoms with Gasteiger partial charge in [0.05, 0.1) is 23.8 Å². The Labute approximate surface area is 169 Å². The summed E-state index contributed by atoms with van der Waals surface area (Å²) in [7, 11) is 1.75. The summed E-state index contributed by atoms with van der Waals surface area (Å²) in [6.45, 7) is 1.80. The van der Waals surface area contributed by atoms with Gasteiger partial charge < -0.3 is 10.6 Å². The van der Waals surface area contributed by atoms with Crippen LogP contribution in [0.2, 0.25) is 0 Å². The topological polar surface area (TPSA) is 115 Å². The Balaban J connectivity index is 1.47. The van der Waals surface area contributed by atoms with Gasteiger partial charge in [-0.2, -0.15) is 5.10 Å². The predicted molar refractivity (Wildman–Crippen MR) is 109 cm³/mol. The fourth-order valence-electron chi connectivity index (χ4n) is 2.78. The van der Waals surface area contributed by atoms with Crippen molar-refractivity contribution in [1.82, 2.24) is 30.0 Å². The van der Waals surface area contributed by atoms with Gasteiger partial charge >= 0.3 is 0 Å². The van der Waals surface area contributed by atoms with E-state index in [1.165, 1.54) is 23.9 Å². The van der Waals surface area contributed by atoms with E-state index in [9.17, 15) is 9.59 Å². The van der Waals surface area contributed by atoms with E-state index in [4.69, 9.17) is 0 Å². The van der Waals surface area contributed by atoms with E-state index < -0.39 is 6.04 Å². The number of amides is 2. The molecule has 29 heavy (non-hydrogen) atoms. The van der Waals surface area contributed by atoms with Gasteiger partial charge in [0, 0.05) is 12.7 Å². The first-order chi connectivity index (χ1) is 14.0. The average Bonchev–Trinajstić information content (AvgIpc) is 3.36. The number of nitrogens with zero attached hydrogens (tertiary/aromatic N) is 5. The lowest BCUT2D eigenvalue weighted by molar-refractivity contribution is 0.0936. The number of thiazole rings is 1. The van der Waals surface area contributed by atoms with Crippen LogP contribution in [-0.4, -0.2) is 36.5 Å². The monoisotopic (exact) mass is 407 g/mol. The van der Waals surface area contributed by atoms with Gasteiger partial charge in [-0.15, -0.1) is 11.3 Å². The maximum Gasteiger partial charge on any atom is 0.271 e. The fourth-order valence-corrected chi connectivity index (χ4v) is 3.59. The number of anilines is 1. The Hall–Kier alpha value is -3.66. The van der Waals surface area contributed by atoms with Crippen molar-refractivity contribution in [2.24, 2.45) is 7.05 Å². The first-order valence-electron chi connectivity index (χ1n) is 8.78. The van der Waals surface area contributed by atoms with E-state index in [1.54, 1.807) is 24.9 Å². The van der Waals surface area contributed by atoms with Crippen molar-refractivity contribution in [2.45, 2.75) is 13.0 Å². The molecule has 0 aliphatic rings. The smallest absolute Gasteiger partial charge is 0.271 e. The molecule has 3 aromatic heterocycles. The van der Waals surface area contributed by atoms with Gasteiger partial charge in [0.25, 0.3) is 11.8 Å². The van der Waals surface area contributed by atoms with Gasteiger partial charge in [-0.25, -0.2) is 15.0 Å². The molecule has 1 unspecified atom stereocenters. The third-order valence-electron chi connectivity index (χ3n) is 4.24. The second-order valence-electron chi connectivity index (χ2n) is 6.31. The minimum absolute atomic E-state index is 0.244. The van der Waals surface area contributed by atoms with E-state index in [0.717, 1.165) is 0 Å². The minimum atomic E-state index is -0.396. The molecule has 0 spiro atoms. The van der Waals surface area contributed by atoms with Crippen molar-refractivity contribution >= 4 is 39.9 Å². The molecule has 0 saturated carbocycles. The molecule has 1 aromatic carbocycles. The summed E-state index contributed by atoms with van der Waals surface area (Å²) in [6.07, 6.45) is 4.40. The van der Waals surface area contributed by atoms with Gasteiger partial charge in [-0.1, -0.05) is 18.2 Å². The fraction of sp³-hybridized carbons (Fsp3) is 0.158. The number of para-hydroxylation sites is 1. The van der Waals surface area contributed by atoms with Gasteiger partial charge in [0.2, 0.25) is 0 Å². The Morgan fingerprint density at radius 3 is 2.66 bits per heavy atom. The van der Waals surface area contributed by atoms with Crippen LogP contribution in [0.5, 0.6) is 0 Å². The summed E-state index contributed by atoms with van der Waals surface area (Å²) in [4.78, 5) is 38.0. The van der Waals surface area contributed by atoms with Crippen molar-refractivity contribution in [2.75, 3.05) is 5.32 Å². The van der Waals surface area contributed by atoms with Crippen LogP contribution in [-0.2, 0) is 7.05 Å². The summed E-state index contributed by atoms with van der Waals surface area (Å²) in [5.41, 5.74) is 1.53. The van der Waals surface area contributed by atoms with Crippen LogP contribution < -0.4 is 10.6 Å². The second-order valence-corrected chi connectivity index (χ2v) is 7.37. The van der Waals surface area contributed by atoms with Gasteiger partial charge in [-0.3, -0.25) is 14.3 Å². The molecule has 1 atom stereocenters. The van der Waals surface area contributed by atoms with Gasteiger partial charge in [-0.05, 0) is 19.1 Å². The highest BCUT2D eigenvalue weighted by Gasteiger charge is 2.20. The SMILES string of the molecule is CC(NC(=O)c1ncnc2c1cnn2C)c1ncc(C(=O)Nc2ccccc2)s1. The number of nitrogens with one attached hydrogen (secondary N) is 2. The van der Waals surface area contributed by atoms with Crippen molar-refractivity contribution in [1.29, 1.82) is 0 Å². The van der Waals surface area contributed by atoms with Crippen LogP contribution in [0.3, 0.4) is 0 Å². The Morgan fingerprint density at radius 1 is 1.07 bits per heavy atom. The summed E-state index contributed by atoms with van der Waals surface area (Å²) >= 11 is 1.23. The Morgan fingerprint density at radius 2 is 1.86 bits per heavy atom. The number of aromatic nitrogens is 5. The Bertz CT molecular complexity index is 1190. The quantitative estimate of drug-likeness (QED) is 0.525. The number of hydrogen-bond acceptors (Lipinski definition) is 7. The molecule has 4 aromatic rings. The molecule has 0 aliphatic heterocycles. The van der Waals surface area contributed by atoms with Crippen LogP contribution in [0.15, 0.2) is 49.1 Å². The van der Waals surface area contributed by atoms with Crippen molar-refractivity contribution in [3.63, 3.8) is 0 Å². The van der Waals surface area contributed by atoms with Crippen LogP contribution in [0.4, 0.5) is 5.69 Å². The normalized spacial score (nSPS) is 11.9. The highest BCUT2D eigenvalue weighted by Crippen LogP contribution is 2.22. The Kier molecular flexibility index (Phi) is 5.00. The largest absolute Gasteiger partial charge is 0.342 e. The highest BCUT2D eigenvalue weighted by atomic mass is 32.1. The molecule has 2 amide bonds. The van der Waals surface area contributed by atoms with Crippen molar-refractivity contribution < 1.29 is 9.59 Å². The number of rotatable bonds is 5. The molecule has 2 N–H and O–H groups in total. The van der Waals surface area contributed by atoms with Crippen molar-refractivity contribution in [3.05, 3.63) is 64.6 Å². The third kappa shape index (κ3) is 3.83. The first-order valence-corrected chi connectivity index (χ1v) is 9.60. The molecule has 0 radical (unpaired) electrons. The van der Waals surface area contributed by atoms with E-state index in [1.807, 2.05) is 30.3 Å².